The largest absolute Gasteiger partial charge is 0.435 e. The minimum Gasteiger partial charge on any atom is -0.424 e. The second-order valence-electron chi connectivity index (χ2n) is 8.22. The van der Waals surface area contributed by atoms with Crippen LogP contribution in [0, 0.1) is 6.92 Å². The molecule has 5 aromatic rings. The van der Waals surface area contributed by atoms with Gasteiger partial charge in [-0.2, -0.15) is 18.3 Å². The van der Waals surface area contributed by atoms with E-state index in [0.717, 1.165) is 22.0 Å². The average Bonchev–Trinajstić information content (AvgIpc) is 3.38. The lowest BCUT2D eigenvalue weighted by atomic mass is 10.1. The van der Waals surface area contributed by atoms with E-state index in [1.165, 1.54) is 12.3 Å². The normalized spacial score (nSPS) is 11.3. The van der Waals surface area contributed by atoms with Crippen molar-refractivity contribution in [2.75, 3.05) is 5.32 Å². The van der Waals surface area contributed by atoms with Crippen LogP contribution < -0.4 is 10.1 Å². The first-order chi connectivity index (χ1) is 18.3. The van der Waals surface area contributed by atoms with Crippen molar-refractivity contribution in [3.8, 4) is 28.7 Å². The molecule has 0 saturated heterocycles. The third-order valence-corrected chi connectivity index (χ3v) is 5.45. The van der Waals surface area contributed by atoms with Crippen LogP contribution in [0.2, 0.25) is 0 Å². The van der Waals surface area contributed by atoms with E-state index in [4.69, 9.17) is 4.74 Å². The van der Waals surface area contributed by atoms with Crippen LogP contribution in [0.4, 0.5) is 18.9 Å². The van der Waals surface area contributed by atoms with Gasteiger partial charge in [-0.1, -0.05) is 35.9 Å². The number of hydrogen-bond acceptors (Lipinski definition) is 6. The van der Waals surface area contributed by atoms with Gasteiger partial charge in [-0.3, -0.25) is 4.79 Å². The molecule has 0 aliphatic rings. The third kappa shape index (κ3) is 5.51. The van der Waals surface area contributed by atoms with Gasteiger partial charge in [0.1, 0.15) is 5.75 Å². The predicted octanol–water partition coefficient (Wildman–Crippen LogP) is 6.10. The highest BCUT2D eigenvalue weighted by atomic mass is 19.4. The van der Waals surface area contributed by atoms with Gasteiger partial charge in [0, 0.05) is 36.0 Å². The molecule has 0 aliphatic carbocycles. The second-order valence-corrected chi connectivity index (χ2v) is 8.22. The summed E-state index contributed by atoms with van der Waals surface area (Å²) in [6.07, 6.45) is 0.775. The predicted molar refractivity (Wildman–Crippen MR) is 133 cm³/mol. The van der Waals surface area contributed by atoms with Crippen molar-refractivity contribution in [2.24, 2.45) is 0 Å². The highest BCUT2D eigenvalue weighted by molar-refractivity contribution is 6.05. The minimum absolute atomic E-state index is 0.152. The van der Waals surface area contributed by atoms with Gasteiger partial charge in [-0.15, -0.1) is 0 Å². The van der Waals surface area contributed by atoms with Crippen molar-refractivity contribution >= 4 is 11.6 Å². The van der Waals surface area contributed by atoms with Gasteiger partial charge in [-0.25, -0.2) is 19.6 Å². The summed E-state index contributed by atoms with van der Waals surface area (Å²) in [5, 5.41) is 6.04. The van der Waals surface area contributed by atoms with Gasteiger partial charge in [0.05, 0.1) is 5.56 Å². The van der Waals surface area contributed by atoms with E-state index < -0.39 is 23.3 Å². The number of pyridine rings is 1. The monoisotopic (exact) mass is 516 g/mol. The molecule has 5 rings (SSSR count). The van der Waals surface area contributed by atoms with Gasteiger partial charge in [0.15, 0.2) is 11.5 Å². The summed E-state index contributed by atoms with van der Waals surface area (Å²) >= 11 is 0. The number of carbonyl (C=O) groups is 1. The molecule has 38 heavy (non-hydrogen) atoms. The zero-order valence-electron chi connectivity index (χ0n) is 19.8. The number of benzene rings is 2. The Morgan fingerprint density at radius 3 is 2.24 bits per heavy atom. The van der Waals surface area contributed by atoms with E-state index in [0.29, 0.717) is 17.0 Å². The molecular formula is C27H19F3N6O2. The number of aromatic nitrogens is 5. The average molecular weight is 516 g/mol. The maximum atomic E-state index is 13.6. The molecule has 190 valence electrons. The molecule has 0 fully saturated rings. The van der Waals surface area contributed by atoms with Crippen LogP contribution in [0.3, 0.4) is 0 Å². The van der Waals surface area contributed by atoms with E-state index >= 15 is 0 Å². The van der Waals surface area contributed by atoms with Gasteiger partial charge in [-0.05, 0) is 48.9 Å². The van der Waals surface area contributed by atoms with Crippen molar-refractivity contribution in [3.05, 3.63) is 108 Å². The number of nitrogens with one attached hydrogen (secondary N) is 1. The number of ether oxygens (including phenoxy) is 1. The fourth-order valence-electron chi connectivity index (χ4n) is 3.53. The van der Waals surface area contributed by atoms with E-state index in [-0.39, 0.29) is 11.8 Å². The quantitative estimate of drug-likeness (QED) is 0.293. The Kier molecular flexibility index (Phi) is 6.56. The fraction of sp³-hybridized carbons (Fsp3) is 0.0741. The summed E-state index contributed by atoms with van der Waals surface area (Å²) < 4.78 is 47.3. The zero-order chi connectivity index (χ0) is 26.7. The first-order valence-electron chi connectivity index (χ1n) is 11.3. The number of halogens is 3. The smallest absolute Gasteiger partial charge is 0.424 e. The number of hydrogen-bond donors (Lipinski definition) is 1. The molecule has 2 aromatic carbocycles. The van der Waals surface area contributed by atoms with Crippen LogP contribution in [0.1, 0.15) is 21.6 Å². The Labute approximate surface area is 214 Å². The van der Waals surface area contributed by atoms with Gasteiger partial charge in [0.2, 0.25) is 0 Å². The van der Waals surface area contributed by atoms with E-state index in [1.54, 1.807) is 48.8 Å². The Hall–Kier alpha value is -5.06. The van der Waals surface area contributed by atoms with Crippen LogP contribution >= 0.6 is 0 Å². The molecule has 3 aromatic heterocycles. The van der Waals surface area contributed by atoms with Crippen LogP contribution in [0.25, 0.3) is 16.9 Å². The first kappa shape index (κ1) is 24.6. The summed E-state index contributed by atoms with van der Waals surface area (Å²) in [6.45, 7) is 1.98. The lowest BCUT2D eigenvalue weighted by molar-refractivity contribution is -0.141. The molecule has 0 radical (unpaired) electrons. The molecule has 0 saturated carbocycles. The van der Waals surface area contributed by atoms with Crippen molar-refractivity contribution in [1.82, 2.24) is 24.7 Å². The van der Waals surface area contributed by atoms with E-state index in [2.05, 4.69) is 25.4 Å². The summed E-state index contributed by atoms with van der Waals surface area (Å²) in [7, 11) is 0. The second kappa shape index (κ2) is 10.1. The molecular weight excluding hydrogens is 497 g/mol. The van der Waals surface area contributed by atoms with Gasteiger partial charge < -0.3 is 10.1 Å². The molecule has 11 heteroatoms. The van der Waals surface area contributed by atoms with Crippen molar-refractivity contribution < 1.29 is 22.7 Å². The highest BCUT2D eigenvalue weighted by Crippen LogP contribution is 2.32. The fourth-order valence-corrected chi connectivity index (χ4v) is 3.53. The van der Waals surface area contributed by atoms with Crippen LogP contribution in [0.15, 0.2) is 91.5 Å². The number of rotatable bonds is 6. The van der Waals surface area contributed by atoms with Crippen molar-refractivity contribution in [1.29, 1.82) is 0 Å². The number of alkyl halides is 3. The molecule has 8 nitrogen and oxygen atoms in total. The first-order valence-corrected chi connectivity index (χ1v) is 11.3. The van der Waals surface area contributed by atoms with Crippen LogP contribution in [-0.2, 0) is 6.18 Å². The maximum absolute atomic E-state index is 13.6. The van der Waals surface area contributed by atoms with Crippen LogP contribution in [-0.4, -0.2) is 30.6 Å². The van der Waals surface area contributed by atoms with E-state index in [1.807, 2.05) is 31.2 Å². The SMILES string of the molecule is Cc1ccc(Oc2ncc(-c3ccc(NC(=O)c4cn(-c5ccccn5)nc4C(F)(F)F)cc3)cn2)cc1. The zero-order valence-corrected chi connectivity index (χ0v) is 19.8. The van der Waals surface area contributed by atoms with Crippen molar-refractivity contribution in [3.63, 3.8) is 0 Å². The summed E-state index contributed by atoms with van der Waals surface area (Å²) in [5.41, 5.74) is 0.914. The number of aryl methyl sites for hydroxylation is 1. The minimum atomic E-state index is -4.83. The molecule has 1 amide bonds. The van der Waals surface area contributed by atoms with Gasteiger partial charge >= 0.3 is 12.2 Å². The highest BCUT2D eigenvalue weighted by Gasteiger charge is 2.39. The number of nitrogens with zero attached hydrogens (tertiary/aromatic N) is 5. The molecule has 0 bridgehead atoms. The van der Waals surface area contributed by atoms with Gasteiger partial charge in [0.25, 0.3) is 5.91 Å². The number of anilines is 1. The molecule has 0 spiro atoms. The lowest BCUT2D eigenvalue weighted by Gasteiger charge is -2.08. The topological polar surface area (TPSA) is 94.8 Å². The summed E-state index contributed by atoms with van der Waals surface area (Å²) in [6, 6.07) is 18.9. The van der Waals surface area contributed by atoms with Crippen LogP contribution in [0.5, 0.6) is 11.8 Å². The maximum Gasteiger partial charge on any atom is 0.435 e. The van der Waals surface area contributed by atoms with E-state index in [9.17, 15) is 18.0 Å². The molecule has 0 aliphatic heterocycles. The number of amides is 1. The Morgan fingerprint density at radius 1 is 0.895 bits per heavy atom. The lowest BCUT2D eigenvalue weighted by Crippen LogP contribution is -2.17. The third-order valence-electron chi connectivity index (χ3n) is 5.45. The Bertz CT molecular complexity index is 1550. The molecule has 0 unspecified atom stereocenters. The Morgan fingerprint density at radius 2 is 1.61 bits per heavy atom. The molecule has 3 heterocycles. The van der Waals surface area contributed by atoms with Crippen molar-refractivity contribution in [2.45, 2.75) is 13.1 Å². The summed E-state index contributed by atoms with van der Waals surface area (Å²) in [4.78, 5) is 25.2. The molecule has 0 atom stereocenters. The summed E-state index contributed by atoms with van der Waals surface area (Å²) in [5.74, 6) is -0.185. The standard InChI is InChI=1S/C27H19F3N6O2/c1-17-5-11-21(12-6-17)38-26-32-14-19(15-33-26)18-7-9-20(10-8-18)34-25(37)22-16-36(23-4-2-3-13-31-23)35-24(22)27(28,29)30/h2-16H,1H3,(H,34,37). The Balaban J connectivity index is 1.30. The number of carbonyl (C=O) groups excluding carboxylic acids is 1. The molecule has 1 N–H and O–H groups in total.